The van der Waals surface area contributed by atoms with Crippen LogP contribution in [0.4, 0.5) is 5.69 Å². The summed E-state index contributed by atoms with van der Waals surface area (Å²) >= 11 is 0. The Bertz CT molecular complexity index is 470. The highest BCUT2D eigenvalue weighted by atomic mass is 35.5. The lowest BCUT2D eigenvalue weighted by Crippen LogP contribution is -2.40. The van der Waals surface area contributed by atoms with Gasteiger partial charge in [-0.05, 0) is 12.1 Å². The van der Waals surface area contributed by atoms with Crippen LogP contribution in [0.5, 0.6) is 0 Å². The maximum absolute atomic E-state index is 11.8. The Morgan fingerprint density at radius 2 is 1.65 bits per heavy atom. The molecule has 20 heavy (non-hydrogen) atoms. The van der Waals surface area contributed by atoms with Crippen molar-refractivity contribution in [2.24, 2.45) is 5.41 Å². The molecule has 0 fully saturated rings. The molecular weight excluding hydrogens is 278 g/mol. The topological polar surface area (TPSA) is 84.2 Å². The fourth-order valence-electron chi connectivity index (χ4n) is 1.42. The normalized spacial score (nSPS) is 10.3. The van der Waals surface area contributed by atoms with Gasteiger partial charge in [0.25, 0.3) is 5.91 Å². The van der Waals surface area contributed by atoms with Crippen molar-refractivity contribution in [3.8, 4) is 0 Å². The number of halogens is 1. The van der Waals surface area contributed by atoms with Gasteiger partial charge in [0.05, 0.1) is 5.56 Å². The van der Waals surface area contributed by atoms with Crippen molar-refractivity contribution in [2.75, 3.05) is 18.8 Å². The van der Waals surface area contributed by atoms with Crippen LogP contribution in [0.15, 0.2) is 24.3 Å². The third-order valence-electron chi connectivity index (χ3n) is 2.58. The summed E-state index contributed by atoms with van der Waals surface area (Å²) in [5.74, 6) is -0.274. The van der Waals surface area contributed by atoms with E-state index < -0.39 is 5.41 Å². The minimum absolute atomic E-state index is 0. The van der Waals surface area contributed by atoms with Crippen LogP contribution in [0.1, 0.15) is 31.1 Å². The first-order valence-electron chi connectivity index (χ1n) is 6.23. The average Bonchev–Trinajstić information content (AvgIpc) is 2.33. The van der Waals surface area contributed by atoms with Crippen LogP contribution < -0.4 is 16.4 Å². The number of amides is 2. The Labute approximate surface area is 125 Å². The first-order valence-corrected chi connectivity index (χ1v) is 6.23. The molecular formula is C14H22ClN3O2. The van der Waals surface area contributed by atoms with Crippen LogP contribution in [0.3, 0.4) is 0 Å². The third kappa shape index (κ3) is 5.48. The lowest BCUT2D eigenvalue weighted by Gasteiger charge is -2.17. The van der Waals surface area contributed by atoms with E-state index in [0.717, 1.165) is 0 Å². The second-order valence-corrected chi connectivity index (χ2v) is 5.35. The summed E-state index contributed by atoms with van der Waals surface area (Å²) in [7, 11) is 0. The first kappa shape index (κ1) is 18.2. The van der Waals surface area contributed by atoms with Crippen molar-refractivity contribution in [1.82, 2.24) is 10.6 Å². The van der Waals surface area contributed by atoms with Gasteiger partial charge in [-0.1, -0.05) is 32.9 Å². The summed E-state index contributed by atoms with van der Waals surface area (Å²) in [4.78, 5) is 23.4. The molecule has 4 N–H and O–H groups in total. The van der Waals surface area contributed by atoms with Crippen molar-refractivity contribution in [3.63, 3.8) is 0 Å². The monoisotopic (exact) mass is 299 g/mol. The quantitative estimate of drug-likeness (QED) is 0.583. The van der Waals surface area contributed by atoms with Gasteiger partial charge in [-0.25, -0.2) is 0 Å². The number of hydrogen-bond acceptors (Lipinski definition) is 3. The van der Waals surface area contributed by atoms with E-state index in [1.165, 1.54) is 0 Å². The maximum atomic E-state index is 11.8. The molecule has 0 aliphatic rings. The van der Waals surface area contributed by atoms with Crippen molar-refractivity contribution in [3.05, 3.63) is 29.8 Å². The van der Waals surface area contributed by atoms with Crippen LogP contribution in [-0.2, 0) is 4.79 Å². The number of anilines is 1. The van der Waals surface area contributed by atoms with E-state index in [1.807, 2.05) is 20.8 Å². The number of carbonyl (C=O) groups excluding carboxylic acids is 2. The number of benzene rings is 1. The van der Waals surface area contributed by atoms with Gasteiger partial charge in [0.2, 0.25) is 5.91 Å². The summed E-state index contributed by atoms with van der Waals surface area (Å²) < 4.78 is 0. The first-order chi connectivity index (χ1) is 8.82. The van der Waals surface area contributed by atoms with Gasteiger partial charge < -0.3 is 16.4 Å². The number of carbonyl (C=O) groups is 2. The van der Waals surface area contributed by atoms with Crippen LogP contribution in [0, 0.1) is 5.41 Å². The standard InChI is InChI=1S/C14H21N3O2.ClH/c1-14(2,3)13(19)17-9-8-16-12(18)10-6-4-5-7-11(10)15;/h4-7H,8-9,15H2,1-3H3,(H,16,18)(H,17,19);1H. The number of para-hydroxylation sites is 1. The average molecular weight is 300 g/mol. The van der Waals surface area contributed by atoms with E-state index in [4.69, 9.17) is 5.73 Å². The molecule has 0 aromatic heterocycles. The summed E-state index contributed by atoms with van der Waals surface area (Å²) in [5.41, 5.74) is 6.17. The summed E-state index contributed by atoms with van der Waals surface area (Å²) in [6.07, 6.45) is 0. The van der Waals surface area contributed by atoms with Gasteiger partial charge in [-0.2, -0.15) is 0 Å². The van der Waals surface area contributed by atoms with E-state index in [-0.39, 0.29) is 24.2 Å². The molecule has 0 atom stereocenters. The molecule has 0 radical (unpaired) electrons. The maximum Gasteiger partial charge on any atom is 0.253 e. The molecule has 0 saturated heterocycles. The molecule has 2 amide bonds. The van der Waals surface area contributed by atoms with Gasteiger partial charge in [-0.15, -0.1) is 12.4 Å². The summed E-state index contributed by atoms with van der Waals surface area (Å²) in [6, 6.07) is 6.87. The van der Waals surface area contributed by atoms with Gasteiger partial charge >= 0.3 is 0 Å². The SMILES string of the molecule is CC(C)(C)C(=O)NCCNC(=O)c1ccccc1N.Cl. The predicted molar refractivity (Wildman–Crippen MR) is 82.9 cm³/mol. The number of nitrogens with one attached hydrogen (secondary N) is 2. The molecule has 0 saturated carbocycles. The Hall–Kier alpha value is -1.75. The van der Waals surface area contributed by atoms with Crippen LogP contribution >= 0.6 is 12.4 Å². The summed E-state index contributed by atoms with van der Waals surface area (Å²) in [5, 5.41) is 5.47. The number of nitrogen functional groups attached to an aromatic ring is 1. The van der Waals surface area contributed by atoms with Gasteiger partial charge in [0.15, 0.2) is 0 Å². The zero-order chi connectivity index (χ0) is 14.5. The minimum Gasteiger partial charge on any atom is -0.398 e. The molecule has 0 spiro atoms. The summed E-state index contributed by atoms with van der Waals surface area (Å²) in [6.45, 7) is 6.28. The van der Waals surface area contributed by atoms with Crippen LogP contribution in [0.25, 0.3) is 0 Å². The fourth-order valence-corrected chi connectivity index (χ4v) is 1.42. The minimum atomic E-state index is -0.423. The molecule has 0 aliphatic carbocycles. The molecule has 1 aromatic rings. The molecule has 5 nitrogen and oxygen atoms in total. The largest absolute Gasteiger partial charge is 0.398 e. The second-order valence-electron chi connectivity index (χ2n) is 5.35. The number of nitrogens with two attached hydrogens (primary N) is 1. The van der Waals surface area contributed by atoms with Gasteiger partial charge in [0.1, 0.15) is 0 Å². The van der Waals surface area contributed by atoms with E-state index in [1.54, 1.807) is 24.3 Å². The third-order valence-corrected chi connectivity index (χ3v) is 2.58. The molecule has 0 heterocycles. The highest BCUT2D eigenvalue weighted by Gasteiger charge is 2.20. The van der Waals surface area contributed by atoms with Gasteiger partial charge in [-0.3, -0.25) is 9.59 Å². The Morgan fingerprint density at radius 3 is 2.20 bits per heavy atom. The zero-order valence-corrected chi connectivity index (χ0v) is 12.8. The fraction of sp³-hybridized carbons (Fsp3) is 0.429. The predicted octanol–water partition coefficient (Wildman–Crippen LogP) is 1.58. The molecule has 112 valence electrons. The molecule has 1 aromatic carbocycles. The molecule has 0 unspecified atom stereocenters. The van der Waals surface area contributed by atoms with E-state index in [0.29, 0.717) is 24.3 Å². The highest BCUT2D eigenvalue weighted by molar-refractivity contribution is 5.99. The second kappa shape index (κ2) is 7.75. The zero-order valence-electron chi connectivity index (χ0n) is 12.0. The smallest absolute Gasteiger partial charge is 0.253 e. The van der Waals surface area contributed by atoms with E-state index in [9.17, 15) is 9.59 Å². The Balaban J connectivity index is 0.00000361. The Morgan fingerprint density at radius 1 is 1.10 bits per heavy atom. The van der Waals surface area contributed by atoms with Crippen molar-refractivity contribution >= 4 is 29.9 Å². The lowest BCUT2D eigenvalue weighted by atomic mass is 9.96. The molecule has 0 aliphatic heterocycles. The van der Waals surface area contributed by atoms with E-state index in [2.05, 4.69) is 10.6 Å². The van der Waals surface area contributed by atoms with Crippen molar-refractivity contribution in [2.45, 2.75) is 20.8 Å². The van der Waals surface area contributed by atoms with Crippen molar-refractivity contribution < 1.29 is 9.59 Å². The molecule has 6 heteroatoms. The van der Waals surface area contributed by atoms with Crippen LogP contribution in [-0.4, -0.2) is 24.9 Å². The van der Waals surface area contributed by atoms with E-state index >= 15 is 0 Å². The number of hydrogen-bond donors (Lipinski definition) is 3. The van der Waals surface area contributed by atoms with Crippen LogP contribution in [0.2, 0.25) is 0 Å². The van der Waals surface area contributed by atoms with Gasteiger partial charge in [0, 0.05) is 24.2 Å². The molecule has 1 rings (SSSR count). The molecule has 0 bridgehead atoms. The number of rotatable bonds is 4. The van der Waals surface area contributed by atoms with Crippen molar-refractivity contribution in [1.29, 1.82) is 0 Å². The highest BCUT2D eigenvalue weighted by Crippen LogP contribution is 2.12. The Kier molecular flexibility index (Phi) is 7.07. The lowest BCUT2D eigenvalue weighted by molar-refractivity contribution is -0.128.